The number of nitrogens with zero attached hydrogens (tertiary/aromatic N) is 3. The second-order valence-electron chi connectivity index (χ2n) is 19.0. The number of aromatic carboxylic acids is 2. The topological polar surface area (TPSA) is 198 Å². The van der Waals surface area contributed by atoms with Crippen LogP contribution in [0.25, 0.3) is 66.5 Å². The van der Waals surface area contributed by atoms with Crippen molar-refractivity contribution < 1.29 is 38.9 Å². The van der Waals surface area contributed by atoms with E-state index in [0.29, 0.717) is 68.1 Å². The van der Waals surface area contributed by atoms with Crippen LogP contribution in [0.3, 0.4) is 0 Å². The lowest BCUT2D eigenvalue weighted by molar-refractivity contribution is 0.0525. The second-order valence-corrected chi connectivity index (χ2v) is 19.0. The summed E-state index contributed by atoms with van der Waals surface area (Å²) in [6.07, 6.45) is 0. The van der Waals surface area contributed by atoms with Crippen LogP contribution in [0.15, 0.2) is 206 Å². The highest BCUT2D eigenvalue weighted by molar-refractivity contribution is 6.15. The van der Waals surface area contributed by atoms with E-state index in [1.54, 1.807) is 63.2 Å². The normalized spacial score (nSPS) is 10.7. The number of hydrogen-bond donors (Lipinski definition) is 4. The Labute approximate surface area is 467 Å². The number of rotatable bonds is 11. The van der Waals surface area contributed by atoms with Gasteiger partial charge in [-0.05, 0) is 118 Å². The molecule has 0 atom stereocenters. The highest BCUT2D eigenvalue weighted by Crippen LogP contribution is 2.31. The van der Waals surface area contributed by atoms with Crippen molar-refractivity contribution in [1.29, 1.82) is 0 Å². The third kappa shape index (κ3) is 12.7. The average molecular weight is 1070 g/mol. The van der Waals surface area contributed by atoms with Crippen molar-refractivity contribution >= 4 is 73.8 Å². The highest BCUT2D eigenvalue weighted by Gasteiger charge is 2.20. The molecule has 0 unspecified atom stereocenters. The molecule has 81 heavy (non-hydrogen) atoms. The van der Waals surface area contributed by atoms with Gasteiger partial charge in [0.25, 0.3) is 11.8 Å². The number of benzene rings is 8. The Bertz CT molecular complexity index is 4140. The van der Waals surface area contributed by atoms with Crippen LogP contribution in [0.1, 0.15) is 81.0 Å². The molecule has 0 bridgehead atoms. The van der Waals surface area contributed by atoms with Gasteiger partial charge >= 0.3 is 17.9 Å². The van der Waals surface area contributed by atoms with E-state index in [-0.39, 0.29) is 28.9 Å². The van der Waals surface area contributed by atoms with Crippen molar-refractivity contribution in [2.45, 2.75) is 34.6 Å². The van der Waals surface area contributed by atoms with Crippen LogP contribution in [0.2, 0.25) is 0 Å². The van der Waals surface area contributed by atoms with E-state index in [1.165, 1.54) is 0 Å². The Morgan fingerprint density at radius 3 is 1.04 bits per heavy atom. The van der Waals surface area contributed by atoms with E-state index in [9.17, 15) is 34.2 Å². The number of para-hydroxylation sites is 3. The van der Waals surface area contributed by atoms with E-state index in [1.807, 2.05) is 178 Å². The number of carbonyl (C=O) groups is 5. The molecule has 400 valence electrons. The van der Waals surface area contributed by atoms with Gasteiger partial charge in [0, 0.05) is 44.2 Å². The fraction of sp³-hybridized carbons (Fsp3) is 0.0882. The van der Waals surface area contributed by atoms with Crippen LogP contribution >= 0.6 is 0 Å². The van der Waals surface area contributed by atoms with E-state index >= 15 is 0 Å². The zero-order valence-electron chi connectivity index (χ0n) is 45.0. The number of aryl methyl sites for hydroxylation is 4. The molecule has 13 nitrogen and oxygen atoms in total. The first-order valence-corrected chi connectivity index (χ1v) is 26.0. The third-order valence-electron chi connectivity index (χ3n) is 13.4. The molecule has 0 saturated heterocycles. The summed E-state index contributed by atoms with van der Waals surface area (Å²) in [4.78, 5) is 75.4. The molecule has 0 saturated carbocycles. The van der Waals surface area contributed by atoms with E-state index in [4.69, 9.17) is 14.7 Å². The van der Waals surface area contributed by atoms with Crippen molar-refractivity contribution in [2.75, 3.05) is 17.2 Å². The summed E-state index contributed by atoms with van der Waals surface area (Å²) in [5.41, 5.74) is 13.4. The summed E-state index contributed by atoms with van der Waals surface area (Å²) < 4.78 is 5.10. The summed E-state index contributed by atoms with van der Waals surface area (Å²) >= 11 is 0. The lowest BCUT2D eigenvalue weighted by Crippen LogP contribution is -2.16. The summed E-state index contributed by atoms with van der Waals surface area (Å²) in [6, 6.07) is 63.3. The Hall–Kier alpha value is -10.7. The predicted molar refractivity (Wildman–Crippen MR) is 319 cm³/mol. The van der Waals surface area contributed by atoms with Crippen molar-refractivity contribution in [1.82, 2.24) is 15.0 Å². The lowest BCUT2D eigenvalue weighted by Gasteiger charge is -2.15. The molecular formula is C68H55N5O8. The van der Waals surface area contributed by atoms with Gasteiger partial charge in [-0.1, -0.05) is 146 Å². The van der Waals surface area contributed by atoms with Gasteiger partial charge in [-0.2, -0.15) is 0 Å². The maximum absolute atomic E-state index is 13.4. The Kier molecular flexibility index (Phi) is 16.9. The number of ether oxygens (including phenoxy) is 1. The number of carbonyl (C=O) groups excluding carboxylic acids is 3. The summed E-state index contributed by atoms with van der Waals surface area (Å²) in [7, 11) is 0. The van der Waals surface area contributed by atoms with Gasteiger partial charge < -0.3 is 25.6 Å². The van der Waals surface area contributed by atoms with Crippen LogP contribution in [0, 0.1) is 27.7 Å². The van der Waals surface area contributed by atoms with Gasteiger partial charge in [-0.15, -0.1) is 0 Å². The molecule has 0 aliphatic heterocycles. The first-order chi connectivity index (χ1) is 39.2. The van der Waals surface area contributed by atoms with Gasteiger partial charge in [0.2, 0.25) is 0 Å². The van der Waals surface area contributed by atoms with Crippen LogP contribution in [0.4, 0.5) is 11.4 Å². The molecule has 0 fully saturated rings. The number of carboxylic acid groups (broad SMARTS) is 2. The number of anilines is 2. The van der Waals surface area contributed by atoms with Crippen molar-refractivity contribution in [3.8, 4) is 33.8 Å². The lowest BCUT2D eigenvalue weighted by atomic mass is 10.0. The van der Waals surface area contributed by atoms with Gasteiger partial charge in [0.1, 0.15) is 0 Å². The minimum atomic E-state index is -0.994. The number of pyridine rings is 3. The highest BCUT2D eigenvalue weighted by atomic mass is 16.5. The zero-order chi connectivity index (χ0) is 57.2. The summed E-state index contributed by atoms with van der Waals surface area (Å²) in [5, 5.41) is 26.8. The predicted octanol–water partition coefficient (Wildman–Crippen LogP) is 15.0. The largest absolute Gasteiger partial charge is 0.478 e. The standard InChI is InChI=1S/C27H24N2O3.C25H20N2O3.C16H11NO2/c1-4-32-27(31)20-14-17(2)25(18(3)15-20)29-26(30)22-16-24(19-10-6-5-7-11-19)28-23-13-9-8-12-21(22)23;1-15-12-18(25(29)30)13-16(2)23(15)27-24(28)20-14-22(17-8-4-3-5-9-17)26-21-11-7-6-10-19(20)21;18-16(19)13-10-15(11-6-2-1-3-7-11)17-14-9-5-4-8-12(13)14/h5-16H,4H2,1-3H3,(H,29,30);3-14H,1-2H3,(H,27,28)(H,29,30);1-10H,(H,18,19). The number of nitrogens with one attached hydrogen (secondary N) is 2. The van der Waals surface area contributed by atoms with Crippen LogP contribution in [-0.4, -0.2) is 61.5 Å². The Morgan fingerprint density at radius 1 is 0.395 bits per heavy atom. The molecule has 3 heterocycles. The quantitative estimate of drug-likeness (QED) is 0.0899. The van der Waals surface area contributed by atoms with Gasteiger partial charge in [-0.3, -0.25) is 9.59 Å². The van der Waals surface area contributed by atoms with Gasteiger partial charge in [0.05, 0.1) is 68.1 Å². The number of aromatic nitrogens is 3. The summed E-state index contributed by atoms with van der Waals surface area (Å²) in [5.74, 6) is -2.79. The summed E-state index contributed by atoms with van der Waals surface area (Å²) in [6.45, 7) is 9.39. The van der Waals surface area contributed by atoms with Crippen LogP contribution in [-0.2, 0) is 4.74 Å². The fourth-order valence-electron chi connectivity index (χ4n) is 9.49. The number of amides is 2. The maximum atomic E-state index is 13.4. The van der Waals surface area contributed by atoms with E-state index < -0.39 is 11.9 Å². The van der Waals surface area contributed by atoms with Crippen molar-refractivity contribution in [2.24, 2.45) is 0 Å². The van der Waals surface area contributed by atoms with Gasteiger partial charge in [-0.25, -0.2) is 29.3 Å². The Balaban J connectivity index is 0.000000151. The molecule has 8 aromatic carbocycles. The molecule has 0 aliphatic carbocycles. The number of fused-ring (bicyclic) bond motifs is 3. The van der Waals surface area contributed by atoms with Crippen LogP contribution < -0.4 is 10.6 Å². The first kappa shape index (κ1) is 55.1. The SMILES string of the molecule is CCOC(=O)c1cc(C)c(NC(=O)c2cc(-c3ccccc3)nc3ccccc23)c(C)c1.Cc1cc(C(=O)O)cc(C)c1NC(=O)c1cc(-c2ccccc2)nc2ccccc12.O=C(O)c1cc(-c2ccccc2)nc2ccccc12. The smallest absolute Gasteiger partial charge is 0.338 e. The molecule has 0 spiro atoms. The molecule has 11 rings (SSSR count). The molecule has 13 heteroatoms. The first-order valence-electron chi connectivity index (χ1n) is 26.0. The molecule has 3 aromatic heterocycles. The fourth-order valence-corrected chi connectivity index (χ4v) is 9.49. The third-order valence-corrected chi connectivity index (χ3v) is 13.4. The number of carboxylic acids is 2. The average Bonchev–Trinajstić information content (AvgIpc) is 3.67. The maximum Gasteiger partial charge on any atom is 0.338 e. The molecular weight excluding hydrogens is 1010 g/mol. The van der Waals surface area contributed by atoms with Crippen molar-refractivity contribution in [3.63, 3.8) is 0 Å². The van der Waals surface area contributed by atoms with E-state index in [0.717, 1.165) is 55.3 Å². The zero-order valence-corrected chi connectivity index (χ0v) is 45.0. The molecule has 4 N–H and O–H groups in total. The number of hydrogen-bond acceptors (Lipinski definition) is 9. The van der Waals surface area contributed by atoms with E-state index in [2.05, 4.69) is 15.6 Å². The minimum absolute atomic E-state index is 0.198. The van der Waals surface area contributed by atoms with Gasteiger partial charge in [0.15, 0.2) is 0 Å². The van der Waals surface area contributed by atoms with Crippen LogP contribution in [0.5, 0.6) is 0 Å². The molecule has 0 radical (unpaired) electrons. The number of esters is 1. The molecule has 11 aromatic rings. The molecule has 0 aliphatic rings. The minimum Gasteiger partial charge on any atom is -0.478 e. The van der Waals surface area contributed by atoms with Crippen molar-refractivity contribution in [3.05, 3.63) is 256 Å². The second kappa shape index (κ2) is 24.8. The Morgan fingerprint density at radius 2 is 0.704 bits per heavy atom. The monoisotopic (exact) mass is 1070 g/mol. The molecule has 2 amide bonds.